The van der Waals surface area contributed by atoms with Gasteiger partial charge in [-0.1, -0.05) is 0 Å². The molecule has 2 heterocycles. The molecule has 0 aliphatic carbocycles. The Bertz CT molecular complexity index is 370. The van der Waals surface area contributed by atoms with Gasteiger partial charge in [0.2, 0.25) is 0 Å². The van der Waals surface area contributed by atoms with E-state index in [0.717, 1.165) is 31.7 Å². The van der Waals surface area contributed by atoms with Crippen LogP contribution in [0, 0.1) is 0 Å². The highest BCUT2D eigenvalue weighted by Gasteiger charge is 2.22. The van der Waals surface area contributed by atoms with Crippen molar-refractivity contribution >= 4 is 5.91 Å². The second-order valence-electron chi connectivity index (χ2n) is 4.66. The quantitative estimate of drug-likeness (QED) is 0.771. The Balaban J connectivity index is 1.95. The van der Waals surface area contributed by atoms with Crippen LogP contribution in [0.3, 0.4) is 0 Å². The van der Waals surface area contributed by atoms with E-state index in [4.69, 9.17) is 0 Å². The second kappa shape index (κ2) is 5.27. The number of hydrogen-bond acceptors (Lipinski definition) is 3. The molecule has 0 unspecified atom stereocenters. The SMILES string of the molecule is CC(C)N1CCN(C(=O)c2ccncc2)CC1. The fraction of sp³-hybridized carbons (Fsp3) is 0.538. The van der Waals surface area contributed by atoms with Crippen molar-refractivity contribution in [2.24, 2.45) is 0 Å². The van der Waals surface area contributed by atoms with Crippen molar-refractivity contribution in [3.8, 4) is 0 Å². The molecule has 92 valence electrons. The first-order chi connectivity index (χ1) is 8.18. The lowest BCUT2D eigenvalue weighted by molar-refractivity contribution is 0.0595. The maximum atomic E-state index is 12.2. The minimum absolute atomic E-state index is 0.121. The van der Waals surface area contributed by atoms with Gasteiger partial charge in [-0.25, -0.2) is 0 Å². The fourth-order valence-electron chi connectivity index (χ4n) is 2.12. The Morgan fingerprint density at radius 2 is 1.76 bits per heavy atom. The zero-order valence-electron chi connectivity index (χ0n) is 10.5. The van der Waals surface area contributed by atoms with Gasteiger partial charge in [-0.2, -0.15) is 0 Å². The van der Waals surface area contributed by atoms with Gasteiger partial charge in [0, 0.05) is 50.2 Å². The number of aromatic nitrogens is 1. The maximum absolute atomic E-state index is 12.2. The van der Waals surface area contributed by atoms with Gasteiger partial charge in [0.1, 0.15) is 0 Å². The van der Waals surface area contributed by atoms with Crippen LogP contribution in [0.4, 0.5) is 0 Å². The summed E-state index contributed by atoms with van der Waals surface area (Å²) in [6, 6.07) is 4.11. The number of rotatable bonds is 2. The average Bonchev–Trinajstić information content (AvgIpc) is 2.39. The molecule has 1 saturated heterocycles. The van der Waals surface area contributed by atoms with Crippen molar-refractivity contribution in [1.29, 1.82) is 0 Å². The third-order valence-electron chi connectivity index (χ3n) is 3.26. The van der Waals surface area contributed by atoms with Crippen molar-refractivity contribution in [1.82, 2.24) is 14.8 Å². The summed E-state index contributed by atoms with van der Waals surface area (Å²) in [4.78, 5) is 20.4. The standard InChI is InChI=1S/C13H19N3O/c1-11(2)15-7-9-16(10-8-15)13(17)12-3-5-14-6-4-12/h3-6,11H,7-10H2,1-2H3. The number of hydrogen-bond donors (Lipinski definition) is 0. The molecule has 0 spiro atoms. The molecule has 1 fully saturated rings. The van der Waals surface area contributed by atoms with Crippen LogP contribution in [0.1, 0.15) is 24.2 Å². The topological polar surface area (TPSA) is 36.4 Å². The Morgan fingerprint density at radius 3 is 2.29 bits per heavy atom. The second-order valence-corrected chi connectivity index (χ2v) is 4.66. The molecule has 0 bridgehead atoms. The summed E-state index contributed by atoms with van der Waals surface area (Å²) in [6.07, 6.45) is 3.33. The van der Waals surface area contributed by atoms with E-state index in [2.05, 4.69) is 23.7 Å². The van der Waals surface area contributed by atoms with Crippen LogP contribution in [0.2, 0.25) is 0 Å². The molecule has 0 radical (unpaired) electrons. The summed E-state index contributed by atoms with van der Waals surface area (Å²) in [7, 11) is 0. The summed E-state index contributed by atoms with van der Waals surface area (Å²) in [5, 5.41) is 0. The first-order valence-corrected chi connectivity index (χ1v) is 6.12. The molecule has 0 saturated carbocycles. The van der Waals surface area contributed by atoms with E-state index in [1.54, 1.807) is 24.5 Å². The average molecular weight is 233 g/mol. The van der Waals surface area contributed by atoms with E-state index in [1.165, 1.54) is 0 Å². The normalized spacial score (nSPS) is 17.5. The lowest BCUT2D eigenvalue weighted by atomic mass is 10.2. The molecule has 0 atom stereocenters. The highest BCUT2D eigenvalue weighted by molar-refractivity contribution is 5.94. The Kier molecular flexibility index (Phi) is 3.74. The largest absolute Gasteiger partial charge is 0.336 e. The molecule has 4 nitrogen and oxygen atoms in total. The number of carbonyl (C=O) groups excluding carboxylic acids is 1. The van der Waals surface area contributed by atoms with Crippen LogP contribution < -0.4 is 0 Å². The smallest absolute Gasteiger partial charge is 0.254 e. The van der Waals surface area contributed by atoms with E-state index >= 15 is 0 Å². The third kappa shape index (κ3) is 2.82. The van der Waals surface area contributed by atoms with E-state index in [0.29, 0.717) is 6.04 Å². The van der Waals surface area contributed by atoms with E-state index in [-0.39, 0.29) is 5.91 Å². The maximum Gasteiger partial charge on any atom is 0.254 e. The molecule has 2 rings (SSSR count). The minimum atomic E-state index is 0.121. The highest BCUT2D eigenvalue weighted by Crippen LogP contribution is 2.09. The lowest BCUT2D eigenvalue weighted by Gasteiger charge is -2.36. The molecule has 1 aromatic heterocycles. The van der Waals surface area contributed by atoms with Crippen molar-refractivity contribution in [3.05, 3.63) is 30.1 Å². The molecule has 4 heteroatoms. The number of piperazine rings is 1. The van der Waals surface area contributed by atoms with Crippen LogP contribution in [0.5, 0.6) is 0 Å². The van der Waals surface area contributed by atoms with Gasteiger partial charge in [-0.3, -0.25) is 14.7 Å². The van der Waals surface area contributed by atoms with Gasteiger partial charge in [0.05, 0.1) is 0 Å². The van der Waals surface area contributed by atoms with Crippen LogP contribution in [0.25, 0.3) is 0 Å². The Hall–Kier alpha value is -1.42. The lowest BCUT2D eigenvalue weighted by Crippen LogP contribution is -2.50. The van der Waals surface area contributed by atoms with E-state index in [1.807, 2.05) is 4.90 Å². The van der Waals surface area contributed by atoms with Crippen molar-refractivity contribution in [2.75, 3.05) is 26.2 Å². The van der Waals surface area contributed by atoms with Crippen molar-refractivity contribution in [3.63, 3.8) is 0 Å². The number of pyridine rings is 1. The number of nitrogens with zero attached hydrogens (tertiary/aromatic N) is 3. The zero-order valence-corrected chi connectivity index (χ0v) is 10.5. The zero-order chi connectivity index (χ0) is 12.3. The number of amides is 1. The van der Waals surface area contributed by atoms with Crippen LogP contribution in [-0.2, 0) is 0 Å². The van der Waals surface area contributed by atoms with Gasteiger partial charge in [-0.15, -0.1) is 0 Å². The van der Waals surface area contributed by atoms with Gasteiger partial charge in [0.25, 0.3) is 5.91 Å². The Morgan fingerprint density at radius 1 is 1.18 bits per heavy atom. The summed E-state index contributed by atoms with van der Waals surface area (Å²) < 4.78 is 0. The van der Waals surface area contributed by atoms with Crippen LogP contribution in [0.15, 0.2) is 24.5 Å². The molecule has 1 amide bonds. The van der Waals surface area contributed by atoms with Gasteiger partial charge >= 0.3 is 0 Å². The molecule has 17 heavy (non-hydrogen) atoms. The van der Waals surface area contributed by atoms with Gasteiger partial charge < -0.3 is 4.90 Å². The molecule has 0 N–H and O–H groups in total. The summed E-state index contributed by atoms with van der Waals surface area (Å²) in [5.41, 5.74) is 0.734. The summed E-state index contributed by atoms with van der Waals surface area (Å²) in [5.74, 6) is 0.121. The summed E-state index contributed by atoms with van der Waals surface area (Å²) >= 11 is 0. The van der Waals surface area contributed by atoms with Crippen LogP contribution in [-0.4, -0.2) is 52.9 Å². The van der Waals surface area contributed by atoms with Gasteiger partial charge in [-0.05, 0) is 26.0 Å². The highest BCUT2D eigenvalue weighted by atomic mass is 16.2. The third-order valence-corrected chi connectivity index (χ3v) is 3.26. The predicted molar refractivity (Wildman–Crippen MR) is 66.8 cm³/mol. The minimum Gasteiger partial charge on any atom is -0.336 e. The van der Waals surface area contributed by atoms with E-state index < -0.39 is 0 Å². The fourth-order valence-corrected chi connectivity index (χ4v) is 2.12. The molecular formula is C13H19N3O. The molecule has 1 aromatic rings. The number of carbonyl (C=O) groups is 1. The van der Waals surface area contributed by atoms with Crippen LogP contribution >= 0.6 is 0 Å². The summed E-state index contributed by atoms with van der Waals surface area (Å²) in [6.45, 7) is 7.96. The Labute approximate surface area is 102 Å². The monoisotopic (exact) mass is 233 g/mol. The van der Waals surface area contributed by atoms with Gasteiger partial charge in [0.15, 0.2) is 0 Å². The van der Waals surface area contributed by atoms with E-state index in [9.17, 15) is 4.79 Å². The molecule has 1 aliphatic rings. The molecule has 1 aliphatic heterocycles. The predicted octanol–water partition coefficient (Wildman–Crippen LogP) is 1.25. The molecule has 0 aromatic carbocycles. The molecular weight excluding hydrogens is 214 g/mol. The van der Waals surface area contributed by atoms with Crippen molar-refractivity contribution in [2.45, 2.75) is 19.9 Å². The van der Waals surface area contributed by atoms with Crippen molar-refractivity contribution < 1.29 is 4.79 Å². The first-order valence-electron chi connectivity index (χ1n) is 6.12. The first kappa shape index (κ1) is 12.0.